The summed E-state index contributed by atoms with van der Waals surface area (Å²) in [6.07, 6.45) is 3.87. The molecule has 140 valence electrons. The number of nitrogens with zero attached hydrogens (tertiary/aromatic N) is 3. The molecule has 0 radical (unpaired) electrons. The number of hydrogen-bond acceptors (Lipinski definition) is 6. The molecule has 3 aromatic heterocycles. The number of pyridine rings is 2. The zero-order valence-electron chi connectivity index (χ0n) is 15.0. The summed E-state index contributed by atoms with van der Waals surface area (Å²) in [6.45, 7) is 3.36. The highest BCUT2D eigenvalue weighted by molar-refractivity contribution is 5.76. The van der Waals surface area contributed by atoms with Crippen molar-refractivity contribution in [2.45, 2.75) is 25.9 Å². The summed E-state index contributed by atoms with van der Waals surface area (Å²) in [7, 11) is 0. The largest absolute Gasteiger partial charge is 0.492 e. The van der Waals surface area contributed by atoms with Crippen LogP contribution in [0.25, 0.3) is 11.4 Å². The van der Waals surface area contributed by atoms with Gasteiger partial charge in [0.2, 0.25) is 11.5 Å². The Hall–Kier alpha value is -3.42. The van der Waals surface area contributed by atoms with E-state index >= 15 is 0 Å². The molecule has 0 unspecified atom stereocenters. The Morgan fingerprint density at radius 1 is 1.22 bits per heavy atom. The van der Waals surface area contributed by atoms with Gasteiger partial charge in [0.25, 0.3) is 0 Å². The van der Waals surface area contributed by atoms with Gasteiger partial charge in [-0.25, -0.2) is 9.78 Å². The molecule has 3 aromatic rings. The number of carboxylic acid groups (broad SMARTS) is 1. The third kappa shape index (κ3) is 4.81. The molecule has 0 saturated heterocycles. The highest BCUT2D eigenvalue weighted by atomic mass is 16.5. The summed E-state index contributed by atoms with van der Waals surface area (Å²) in [6, 6.07) is 10.8. The zero-order chi connectivity index (χ0) is 19.3. The number of carboxylic acids is 1. The molecule has 0 spiro atoms. The predicted octanol–water partition coefficient (Wildman–Crippen LogP) is 2.73. The maximum Gasteiger partial charge on any atom is 0.347 e. The number of aliphatic carboxylic acids is 1. The van der Waals surface area contributed by atoms with Crippen LogP contribution in [0.5, 0.6) is 11.6 Å². The molecule has 0 saturated carbocycles. The van der Waals surface area contributed by atoms with Crippen LogP contribution < -0.4 is 9.47 Å². The molecule has 0 aliphatic carbocycles. The number of aromatic nitrogens is 4. The highest BCUT2D eigenvalue weighted by Crippen LogP contribution is 2.18. The normalized spacial score (nSPS) is 11.2. The Morgan fingerprint density at radius 2 is 2.07 bits per heavy atom. The third-order valence-corrected chi connectivity index (χ3v) is 3.80. The van der Waals surface area contributed by atoms with E-state index in [9.17, 15) is 4.79 Å². The van der Waals surface area contributed by atoms with Crippen molar-refractivity contribution in [1.29, 1.82) is 0 Å². The number of hydrogen-bond donors (Lipinski definition) is 2. The topological polar surface area (TPSA) is 110 Å². The smallest absolute Gasteiger partial charge is 0.347 e. The maximum atomic E-state index is 11.2. The predicted molar refractivity (Wildman–Crippen MR) is 97.6 cm³/mol. The van der Waals surface area contributed by atoms with E-state index < -0.39 is 11.6 Å². The average molecular weight is 368 g/mol. The lowest BCUT2D eigenvalue weighted by Gasteiger charge is -2.20. The Labute approximate surface area is 156 Å². The van der Waals surface area contributed by atoms with E-state index in [0.717, 1.165) is 17.1 Å². The van der Waals surface area contributed by atoms with E-state index in [2.05, 4.69) is 20.2 Å². The van der Waals surface area contributed by atoms with Crippen LogP contribution in [0.15, 0.2) is 48.8 Å². The minimum Gasteiger partial charge on any atom is -0.492 e. The fraction of sp³-hybridized carbons (Fsp3) is 0.263. The van der Waals surface area contributed by atoms with Crippen LogP contribution in [-0.2, 0) is 11.2 Å². The fourth-order valence-electron chi connectivity index (χ4n) is 2.26. The Kier molecular flexibility index (Phi) is 5.35. The van der Waals surface area contributed by atoms with Crippen LogP contribution in [0.2, 0.25) is 0 Å². The SMILES string of the molecule is CC(C)(Oc1cccc(CCOc2ccc(-c3ccn[nH]3)nc2)n1)C(=O)O. The molecule has 8 heteroatoms. The Bertz CT molecular complexity index is 892. The quantitative estimate of drug-likeness (QED) is 0.629. The van der Waals surface area contributed by atoms with Gasteiger partial charge in [0.1, 0.15) is 5.75 Å². The molecule has 0 bridgehead atoms. The van der Waals surface area contributed by atoms with Crippen LogP contribution in [0.1, 0.15) is 19.5 Å². The molecule has 8 nitrogen and oxygen atoms in total. The summed E-state index contributed by atoms with van der Waals surface area (Å²) in [5.41, 5.74) is 1.03. The van der Waals surface area contributed by atoms with Crippen LogP contribution in [0.3, 0.4) is 0 Å². The lowest BCUT2D eigenvalue weighted by Crippen LogP contribution is -2.38. The molecule has 0 amide bonds. The van der Waals surface area contributed by atoms with Crippen molar-refractivity contribution in [3.63, 3.8) is 0 Å². The monoisotopic (exact) mass is 368 g/mol. The van der Waals surface area contributed by atoms with Crippen molar-refractivity contribution in [3.05, 3.63) is 54.5 Å². The van der Waals surface area contributed by atoms with Crippen molar-refractivity contribution in [2.24, 2.45) is 0 Å². The minimum atomic E-state index is -1.34. The van der Waals surface area contributed by atoms with Crippen molar-refractivity contribution in [3.8, 4) is 23.0 Å². The van der Waals surface area contributed by atoms with Gasteiger partial charge in [-0.15, -0.1) is 0 Å². The summed E-state index contributed by atoms with van der Waals surface area (Å²) in [5, 5.41) is 15.9. The first-order chi connectivity index (χ1) is 12.9. The summed E-state index contributed by atoms with van der Waals surface area (Å²) in [4.78, 5) is 19.8. The second kappa shape index (κ2) is 7.86. The van der Waals surface area contributed by atoms with E-state index in [0.29, 0.717) is 18.8 Å². The Morgan fingerprint density at radius 3 is 2.74 bits per heavy atom. The van der Waals surface area contributed by atoms with Crippen molar-refractivity contribution >= 4 is 5.97 Å². The van der Waals surface area contributed by atoms with Gasteiger partial charge >= 0.3 is 5.97 Å². The van der Waals surface area contributed by atoms with E-state index in [-0.39, 0.29) is 5.88 Å². The van der Waals surface area contributed by atoms with Gasteiger partial charge in [-0.2, -0.15) is 5.10 Å². The van der Waals surface area contributed by atoms with Gasteiger partial charge in [0.05, 0.1) is 24.2 Å². The van der Waals surface area contributed by atoms with Crippen molar-refractivity contribution < 1.29 is 19.4 Å². The van der Waals surface area contributed by atoms with Crippen LogP contribution >= 0.6 is 0 Å². The summed E-state index contributed by atoms with van der Waals surface area (Å²) >= 11 is 0. The van der Waals surface area contributed by atoms with Crippen LogP contribution in [0, 0.1) is 0 Å². The second-order valence-electron chi connectivity index (χ2n) is 6.33. The fourth-order valence-corrected chi connectivity index (χ4v) is 2.26. The summed E-state index contributed by atoms with van der Waals surface area (Å²) < 4.78 is 11.1. The van der Waals surface area contributed by atoms with Crippen LogP contribution in [-0.4, -0.2) is 43.4 Å². The lowest BCUT2D eigenvalue weighted by atomic mass is 10.1. The van der Waals surface area contributed by atoms with Gasteiger partial charge in [-0.1, -0.05) is 6.07 Å². The molecule has 0 aliphatic heterocycles. The van der Waals surface area contributed by atoms with Gasteiger partial charge < -0.3 is 14.6 Å². The first-order valence-electron chi connectivity index (χ1n) is 8.41. The molecule has 3 rings (SSSR count). The molecule has 2 N–H and O–H groups in total. The average Bonchev–Trinajstić information content (AvgIpc) is 3.17. The molecule has 0 aromatic carbocycles. The molecule has 0 aliphatic rings. The molecular formula is C19H20N4O4. The van der Waals surface area contributed by atoms with E-state index in [4.69, 9.17) is 14.6 Å². The van der Waals surface area contributed by atoms with E-state index in [1.165, 1.54) is 13.8 Å². The number of nitrogens with one attached hydrogen (secondary N) is 1. The van der Waals surface area contributed by atoms with E-state index in [1.807, 2.05) is 24.3 Å². The van der Waals surface area contributed by atoms with E-state index in [1.54, 1.807) is 24.5 Å². The standard InChI is InChI=1S/C19H20N4O4/c1-19(2,18(24)25)27-17-5-3-4-13(22-17)9-11-26-14-6-7-15(20-12-14)16-8-10-21-23-16/h3-8,10,12H,9,11H2,1-2H3,(H,21,23)(H,24,25). The van der Waals surface area contributed by atoms with Gasteiger partial charge in [0.15, 0.2) is 0 Å². The first-order valence-corrected chi connectivity index (χ1v) is 8.41. The van der Waals surface area contributed by atoms with Gasteiger partial charge in [0, 0.05) is 24.4 Å². The van der Waals surface area contributed by atoms with Crippen molar-refractivity contribution in [2.75, 3.05) is 6.61 Å². The van der Waals surface area contributed by atoms with Gasteiger partial charge in [-0.05, 0) is 38.1 Å². The molecule has 3 heterocycles. The molecular weight excluding hydrogens is 348 g/mol. The third-order valence-electron chi connectivity index (χ3n) is 3.80. The Balaban J connectivity index is 1.54. The number of carbonyl (C=O) groups is 1. The number of ether oxygens (including phenoxy) is 2. The highest BCUT2D eigenvalue weighted by Gasteiger charge is 2.29. The lowest BCUT2D eigenvalue weighted by molar-refractivity contribution is -0.152. The number of H-pyrrole nitrogens is 1. The van der Waals surface area contributed by atoms with Crippen LogP contribution in [0.4, 0.5) is 0 Å². The molecule has 0 atom stereocenters. The summed E-state index contributed by atoms with van der Waals surface area (Å²) in [5.74, 6) is -0.132. The number of rotatable bonds is 8. The first kappa shape index (κ1) is 18.4. The zero-order valence-corrected chi connectivity index (χ0v) is 15.0. The van der Waals surface area contributed by atoms with Gasteiger partial charge in [-0.3, -0.25) is 10.1 Å². The minimum absolute atomic E-state index is 0.269. The molecule has 27 heavy (non-hydrogen) atoms. The maximum absolute atomic E-state index is 11.2. The van der Waals surface area contributed by atoms with Crippen molar-refractivity contribution in [1.82, 2.24) is 20.2 Å². The number of aromatic amines is 1. The second-order valence-corrected chi connectivity index (χ2v) is 6.33. The molecule has 0 fully saturated rings.